The maximum absolute atomic E-state index is 14.0. The van der Waals surface area contributed by atoms with Crippen LogP contribution in [0, 0.1) is 17.5 Å². The zero-order valence-corrected chi connectivity index (χ0v) is 15.1. The molecule has 0 saturated heterocycles. The van der Waals surface area contributed by atoms with E-state index in [1.165, 1.54) is 22.7 Å². The lowest BCUT2D eigenvalue weighted by molar-refractivity contribution is 0.401. The fourth-order valence-electron chi connectivity index (χ4n) is 2.22. The topological polar surface area (TPSA) is 37.4 Å². The Bertz CT molecular complexity index is 919. The van der Waals surface area contributed by atoms with Gasteiger partial charge in [0.1, 0.15) is 10.7 Å². The molecular formula is C16H12F3NO2S3. The standard InChI is InChI=1S/C16H12F3NO2S3/c17-13-7-15(19)16(8-14(13)18)25(21,22)20(9-11-3-1-5-23-11)10-12-4-2-6-24-12/h1-8H,9-10H2. The molecule has 0 unspecified atom stereocenters. The summed E-state index contributed by atoms with van der Waals surface area (Å²) in [5.41, 5.74) is 0. The maximum Gasteiger partial charge on any atom is 0.246 e. The highest BCUT2D eigenvalue weighted by atomic mass is 32.2. The summed E-state index contributed by atoms with van der Waals surface area (Å²) in [5, 5.41) is 3.59. The summed E-state index contributed by atoms with van der Waals surface area (Å²) in [4.78, 5) is 0.630. The number of benzene rings is 1. The van der Waals surface area contributed by atoms with Gasteiger partial charge in [0.15, 0.2) is 11.6 Å². The fraction of sp³-hybridized carbons (Fsp3) is 0.125. The molecule has 25 heavy (non-hydrogen) atoms. The highest BCUT2D eigenvalue weighted by Crippen LogP contribution is 2.27. The Morgan fingerprint density at radius 1 is 0.840 bits per heavy atom. The van der Waals surface area contributed by atoms with E-state index in [0.717, 1.165) is 14.1 Å². The zero-order chi connectivity index (χ0) is 18.0. The molecule has 0 bridgehead atoms. The van der Waals surface area contributed by atoms with Crippen molar-refractivity contribution in [1.29, 1.82) is 0 Å². The van der Waals surface area contributed by atoms with Crippen LogP contribution in [0.4, 0.5) is 13.2 Å². The van der Waals surface area contributed by atoms with Crippen LogP contribution in [0.15, 0.2) is 52.1 Å². The van der Waals surface area contributed by atoms with Gasteiger partial charge in [-0.05, 0) is 29.0 Å². The van der Waals surface area contributed by atoms with Crippen LogP contribution in [0.2, 0.25) is 0 Å². The van der Waals surface area contributed by atoms with Crippen molar-refractivity contribution >= 4 is 32.7 Å². The van der Waals surface area contributed by atoms with Gasteiger partial charge in [-0.3, -0.25) is 0 Å². The minimum absolute atomic E-state index is 0.0103. The van der Waals surface area contributed by atoms with Crippen molar-refractivity contribution in [1.82, 2.24) is 4.31 Å². The van der Waals surface area contributed by atoms with Gasteiger partial charge in [0.05, 0.1) is 0 Å². The van der Waals surface area contributed by atoms with Gasteiger partial charge in [-0.1, -0.05) is 12.1 Å². The summed E-state index contributed by atoms with van der Waals surface area (Å²) in [6, 6.07) is 7.68. The van der Waals surface area contributed by atoms with Crippen LogP contribution in [-0.2, 0) is 23.1 Å². The van der Waals surface area contributed by atoms with Crippen LogP contribution in [0.1, 0.15) is 9.75 Å². The minimum atomic E-state index is -4.36. The van der Waals surface area contributed by atoms with E-state index in [0.29, 0.717) is 6.07 Å². The van der Waals surface area contributed by atoms with Crippen molar-refractivity contribution in [2.24, 2.45) is 0 Å². The highest BCUT2D eigenvalue weighted by molar-refractivity contribution is 7.89. The lowest BCUT2D eigenvalue weighted by Crippen LogP contribution is -2.30. The first-order valence-corrected chi connectivity index (χ1v) is 10.3. The van der Waals surface area contributed by atoms with E-state index in [1.807, 2.05) is 0 Å². The molecule has 2 heterocycles. The van der Waals surface area contributed by atoms with Crippen LogP contribution in [0.25, 0.3) is 0 Å². The summed E-state index contributed by atoms with van der Waals surface area (Å²) < 4.78 is 67.5. The van der Waals surface area contributed by atoms with Crippen molar-refractivity contribution in [2.75, 3.05) is 0 Å². The SMILES string of the molecule is O=S(=O)(c1cc(F)c(F)cc1F)N(Cc1cccs1)Cc1cccs1. The monoisotopic (exact) mass is 403 g/mol. The molecule has 0 aliphatic rings. The predicted octanol–water partition coefficient (Wildman–Crippen LogP) is 4.62. The quantitative estimate of drug-likeness (QED) is 0.564. The summed E-state index contributed by atoms with van der Waals surface area (Å²) in [6.45, 7) is 0.0205. The van der Waals surface area contributed by atoms with Crippen molar-refractivity contribution in [2.45, 2.75) is 18.0 Å². The van der Waals surface area contributed by atoms with Gasteiger partial charge < -0.3 is 0 Å². The van der Waals surface area contributed by atoms with Crippen molar-refractivity contribution < 1.29 is 21.6 Å². The second-order valence-electron chi connectivity index (χ2n) is 5.13. The van der Waals surface area contributed by atoms with Gasteiger partial charge in [-0.25, -0.2) is 21.6 Å². The smallest absolute Gasteiger partial charge is 0.207 e. The Balaban J connectivity index is 2.02. The summed E-state index contributed by atoms with van der Waals surface area (Å²) >= 11 is 2.71. The molecule has 0 radical (unpaired) electrons. The molecule has 3 rings (SSSR count). The average molecular weight is 403 g/mol. The van der Waals surface area contributed by atoms with Crippen LogP contribution < -0.4 is 0 Å². The van der Waals surface area contributed by atoms with Crippen LogP contribution in [-0.4, -0.2) is 12.7 Å². The minimum Gasteiger partial charge on any atom is -0.207 e. The first kappa shape index (κ1) is 18.1. The zero-order valence-electron chi connectivity index (χ0n) is 12.7. The molecule has 3 nitrogen and oxygen atoms in total. The molecule has 0 N–H and O–H groups in total. The lowest BCUT2D eigenvalue weighted by atomic mass is 10.3. The van der Waals surface area contributed by atoms with Gasteiger partial charge in [-0.2, -0.15) is 4.31 Å². The molecule has 3 aromatic rings. The third-order valence-electron chi connectivity index (χ3n) is 3.42. The van der Waals surface area contributed by atoms with Crippen LogP contribution >= 0.6 is 22.7 Å². The van der Waals surface area contributed by atoms with Crippen LogP contribution in [0.3, 0.4) is 0 Å². The number of rotatable bonds is 6. The molecule has 0 aliphatic heterocycles. The third kappa shape index (κ3) is 3.95. The molecule has 132 valence electrons. The van der Waals surface area contributed by atoms with E-state index in [2.05, 4.69) is 0 Å². The van der Waals surface area contributed by atoms with Gasteiger partial charge in [0.2, 0.25) is 10.0 Å². The number of hydrogen-bond acceptors (Lipinski definition) is 4. The first-order chi connectivity index (χ1) is 11.9. The molecule has 1 aromatic carbocycles. The first-order valence-electron chi connectivity index (χ1n) is 7.07. The molecule has 0 atom stereocenters. The lowest BCUT2D eigenvalue weighted by Gasteiger charge is -2.21. The van der Waals surface area contributed by atoms with Crippen molar-refractivity contribution in [3.63, 3.8) is 0 Å². The number of halogens is 3. The number of hydrogen-bond donors (Lipinski definition) is 0. The summed E-state index contributed by atoms with van der Waals surface area (Å²) in [5.74, 6) is -4.16. The molecule has 0 aliphatic carbocycles. The summed E-state index contributed by atoms with van der Waals surface area (Å²) in [7, 11) is -4.36. The number of nitrogens with zero attached hydrogens (tertiary/aromatic N) is 1. The second kappa shape index (κ2) is 7.28. The predicted molar refractivity (Wildman–Crippen MR) is 91.4 cm³/mol. The Hall–Kier alpha value is -1.68. The molecule has 0 saturated carbocycles. The molecule has 2 aromatic heterocycles. The van der Waals surface area contributed by atoms with Gasteiger partial charge >= 0.3 is 0 Å². The molecule has 0 spiro atoms. The largest absolute Gasteiger partial charge is 0.246 e. The molecule has 0 amide bonds. The van der Waals surface area contributed by atoms with Crippen molar-refractivity contribution in [3.8, 4) is 0 Å². The Labute approximate surface area is 151 Å². The highest BCUT2D eigenvalue weighted by Gasteiger charge is 2.30. The Morgan fingerprint density at radius 2 is 1.36 bits per heavy atom. The average Bonchev–Trinajstić information content (AvgIpc) is 3.23. The normalized spacial score (nSPS) is 12.0. The van der Waals surface area contributed by atoms with Crippen molar-refractivity contribution in [3.05, 3.63) is 74.4 Å². The molecule has 9 heteroatoms. The number of thiophene rings is 2. The van der Waals surface area contributed by atoms with E-state index in [4.69, 9.17) is 0 Å². The third-order valence-corrected chi connectivity index (χ3v) is 6.95. The van der Waals surface area contributed by atoms with E-state index >= 15 is 0 Å². The van der Waals surface area contributed by atoms with Gasteiger partial charge in [-0.15, -0.1) is 22.7 Å². The fourth-order valence-corrected chi connectivity index (χ4v) is 5.28. The Kier molecular flexibility index (Phi) is 5.28. The van der Waals surface area contributed by atoms with E-state index < -0.39 is 32.4 Å². The maximum atomic E-state index is 14.0. The van der Waals surface area contributed by atoms with Crippen LogP contribution in [0.5, 0.6) is 0 Å². The number of sulfonamides is 1. The molecular weight excluding hydrogens is 391 g/mol. The summed E-state index contributed by atoms with van der Waals surface area (Å²) in [6.07, 6.45) is 0. The van der Waals surface area contributed by atoms with Gasteiger partial charge in [0, 0.05) is 28.9 Å². The second-order valence-corrected chi connectivity index (χ2v) is 9.10. The van der Waals surface area contributed by atoms with Gasteiger partial charge in [0.25, 0.3) is 0 Å². The Morgan fingerprint density at radius 3 is 1.84 bits per heavy atom. The molecule has 0 fully saturated rings. The van der Waals surface area contributed by atoms with E-state index in [1.54, 1.807) is 35.0 Å². The van der Waals surface area contributed by atoms with E-state index in [9.17, 15) is 21.6 Å². The van der Waals surface area contributed by atoms with E-state index in [-0.39, 0.29) is 19.2 Å².